The highest BCUT2D eigenvalue weighted by Gasteiger charge is 2.22. The number of halogens is 1. The van der Waals surface area contributed by atoms with Gasteiger partial charge in [0.05, 0.1) is 0 Å². The van der Waals surface area contributed by atoms with E-state index in [0.717, 1.165) is 0 Å². The van der Waals surface area contributed by atoms with Crippen LogP contribution in [0.2, 0.25) is 0 Å². The summed E-state index contributed by atoms with van der Waals surface area (Å²) in [4.78, 5) is 44.7. The molecule has 0 saturated carbocycles. The first-order chi connectivity index (χ1) is 10.8. The lowest BCUT2D eigenvalue weighted by Crippen LogP contribution is -2.49. The lowest BCUT2D eigenvalue weighted by Gasteiger charge is -2.18. The van der Waals surface area contributed by atoms with Gasteiger partial charge in [-0.15, -0.1) is 11.6 Å². The van der Waals surface area contributed by atoms with Crippen molar-refractivity contribution < 1.29 is 29.4 Å². The van der Waals surface area contributed by atoms with Gasteiger partial charge in [-0.1, -0.05) is 0 Å². The standard InChI is InChI=1S/C12H20ClN3O6S/c13-3-4-23-6-8(11(20)15-5-10(18)19)16-9(17)2-1-7(14)12(21)22/h7-8H,1-6,14H2,(H,15,20)(H,16,17)(H,18,19)(H,21,22)/t7-,8-/m0/s1. The van der Waals surface area contributed by atoms with Crippen molar-refractivity contribution in [1.82, 2.24) is 10.6 Å². The van der Waals surface area contributed by atoms with Gasteiger partial charge in [0.2, 0.25) is 11.8 Å². The number of rotatable bonds is 12. The molecule has 0 aliphatic carbocycles. The van der Waals surface area contributed by atoms with Gasteiger partial charge in [-0.25, -0.2) is 0 Å². The van der Waals surface area contributed by atoms with E-state index in [0.29, 0.717) is 11.6 Å². The molecule has 0 aromatic carbocycles. The predicted molar refractivity (Wildman–Crippen MR) is 85.5 cm³/mol. The van der Waals surface area contributed by atoms with E-state index in [1.165, 1.54) is 11.8 Å². The Morgan fingerprint density at radius 2 is 1.87 bits per heavy atom. The van der Waals surface area contributed by atoms with Gasteiger partial charge in [0.15, 0.2) is 0 Å². The monoisotopic (exact) mass is 369 g/mol. The number of hydrogen-bond acceptors (Lipinski definition) is 6. The van der Waals surface area contributed by atoms with E-state index in [2.05, 4.69) is 10.6 Å². The highest BCUT2D eigenvalue weighted by atomic mass is 35.5. The molecule has 2 atom stereocenters. The average Bonchev–Trinajstić information content (AvgIpc) is 2.49. The number of carboxylic acid groups (broad SMARTS) is 2. The van der Waals surface area contributed by atoms with Crippen LogP contribution in [-0.4, -0.2) is 70.0 Å². The van der Waals surface area contributed by atoms with Gasteiger partial charge >= 0.3 is 11.9 Å². The topological polar surface area (TPSA) is 159 Å². The summed E-state index contributed by atoms with van der Waals surface area (Å²) in [6, 6.07) is -2.10. The van der Waals surface area contributed by atoms with E-state index >= 15 is 0 Å². The van der Waals surface area contributed by atoms with Crippen LogP contribution in [0.1, 0.15) is 12.8 Å². The Kier molecular flexibility index (Phi) is 11.2. The Labute approximate surface area is 142 Å². The van der Waals surface area contributed by atoms with Gasteiger partial charge in [-0.2, -0.15) is 11.8 Å². The molecule has 2 amide bonds. The molecule has 0 aliphatic rings. The second-order valence-corrected chi connectivity index (χ2v) is 6.01. The molecule has 0 fully saturated rings. The molecule has 9 nitrogen and oxygen atoms in total. The normalized spacial score (nSPS) is 13.0. The predicted octanol–water partition coefficient (Wildman–Crippen LogP) is -1.16. The third-order valence-electron chi connectivity index (χ3n) is 2.57. The average molecular weight is 370 g/mol. The molecule has 0 rings (SSSR count). The Balaban J connectivity index is 4.48. The van der Waals surface area contributed by atoms with Gasteiger partial charge in [-0.3, -0.25) is 19.2 Å². The smallest absolute Gasteiger partial charge is 0.322 e. The molecule has 11 heteroatoms. The van der Waals surface area contributed by atoms with Crippen LogP contribution >= 0.6 is 23.4 Å². The van der Waals surface area contributed by atoms with Crippen molar-refractivity contribution in [2.75, 3.05) is 23.9 Å². The molecule has 0 heterocycles. The Bertz CT molecular complexity index is 437. The summed E-state index contributed by atoms with van der Waals surface area (Å²) in [7, 11) is 0. The summed E-state index contributed by atoms with van der Waals surface area (Å²) in [6.07, 6.45) is -0.226. The van der Waals surface area contributed by atoms with Crippen molar-refractivity contribution in [3.05, 3.63) is 0 Å². The van der Waals surface area contributed by atoms with Crippen LogP contribution < -0.4 is 16.4 Å². The minimum absolute atomic E-state index is 0.0700. The van der Waals surface area contributed by atoms with Gasteiger partial charge in [0, 0.05) is 23.8 Å². The van der Waals surface area contributed by atoms with E-state index in [1.807, 2.05) is 0 Å². The molecule has 23 heavy (non-hydrogen) atoms. The van der Waals surface area contributed by atoms with E-state index in [1.54, 1.807) is 0 Å². The molecule has 0 saturated heterocycles. The minimum atomic E-state index is -1.22. The minimum Gasteiger partial charge on any atom is -0.480 e. The first-order valence-electron chi connectivity index (χ1n) is 6.68. The first kappa shape index (κ1) is 21.5. The fraction of sp³-hybridized carbons (Fsp3) is 0.667. The van der Waals surface area contributed by atoms with Crippen LogP contribution in [0.15, 0.2) is 0 Å². The van der Waals surface area contributed by atoms with Crippen LogP contribution in [0.5, 0.6) is 0 Å². The lowest BCUT2D eigenvalue weighted by atomic mass is 10.1. The van der Waals surface area contributed by atoms with E-state index < -0.39 is 42.4 Å². The van der Waals surface area contributed by atoms with Crippen LogP contribution in [0.3, 0.4) is 0 Å². The molecule has 6 N–H and O–H groups in total. The van der Waals surface area contributed by atoms with Gasteiger partial charge in [0.25, 0.3) is 0 Å². The highest BCUT2D eigenvalue weighted by molar-refractivity contribution is 7.99. The molecular weight excluding hydrogens is 350 g/mol. The van der Waals surface area contributed by atoms with Crippen molar-refractivity contribution in [3.8, 4) is 0 Å². The Morgan fingerprint density at radius 1 is 1.22 bits per heavy atom. The van der Waals surface area contributed by atoms with Gasteiger partial charge in [-0.05, 0) is 6.42 Å². The number of aliphatic carboxylic acids is 2. The lowest BCUT2D eigenvalue weighted by molar-refractivity contribution is -0.139. The number of carbonyl (C=O) groups excluding carboxylic acids is 2. The quantitative estimate of drug-likeness (QED) is 0.213. The molecule has 132 valence electrons. The maximum absolute atomic E-state index is 11.9. The van der Waals surface area contributed by atoms with Crippen molar-refractivity contribution in [3.63, 3.8) is 0 Å². The van der Waals surface area contributed by atoms with Crippen molar-refractivity contribution in [1.29, 1.82) is 0 Å². The number of nitrogens with two attached hydrogens (primary N) is 1. The summed E-state index contributed by atoms with van der Waals surface area (Å²) >= 11 is 6.85. The summed E-state index contributed by atoms with van der Waals surface area (Å²) in [6.45, 7) is -0.560. The second-order valence-electron chi connectivity index (χ2n) is 4.48. The number of thioether (sulfide) groups is 1. The Hall–Kier alpha value is -1.52. The third kappa shape index (κ3) is 10.8. The largest absolute Gasteiger partial charge is 0.480 e. The first-order valence-corrected chi connectivity index (χ1v) is 8.37. The number of amides is 2. The van der Waals surface area contributed by atoms with Gasteiger partial charge in [0.1, 0.15) is 18.6 Å². The van der Waals surface area contributed by atoms with Crippen LogP contribution in [-0.2, 0) is 19.2 Å². The molecule has 0 radical (unpaired) electrons. The van der Waals surface area contributed by atoms with Crippen molar-refractivity contribution >= 4 is 47.1 Å². The molecule has 0 unspecified atom stereocenters. The van der Waals surface area contributed by atoms with E-state index in [4.69, 9.17) is 27.5 Å². The molecule has 0 aliphatic heterocycles. The number of hydrogen-bond donors (Lipinski definition) is 5. The van der Waals surface area contributed by atoms with E-state index in [-0.39, 0.29) is 18.6 Å². The molecule has 0 spiro atoms. The number of nitrogens with one attached hydrogen (secondary N) is 2. The number of carboxylic acids is 2. The fourth-order valence-corrected chi connectivity index (χ4v) is 2.47. The zero-order valence-electron chi connectivity index (χ0n) is 12.3. The summed E-state index contributed by atoms with van der Waals surface area (Å²) in [5.41, 5.74) is 5.29. The van der Waals surface area contributed by atoms with Crippen LogP contribution in [0.4, 0.5) is 0 Å². The maximum atomic E-state index is 11.9. The summed E-state index contributed by atoms with van der Waals surface area (Å²) in [5.74, 6) is -2.45. The zero-order valence-corrected chi connectivity index (χ0v) is 13.9. The third-order valence-corrected chi connectivity index (χ3v) is 4.05. The fourth-order valence-electron chi connectivity index (χ4n) is 1.40. The summed E-state index contributed by atoms with van der Waals surface area (Å²) < 4.78 is 0. The Morgan fingerprint density at radius 3 is 2.39 bits per heavy atom. The maximum Gasteiger partial charge on any atom is 0.322 e. The van der Waals surface area contributed by atoms with Crippen LogP contribution in [0.25, 0.3) is 0 Å². The summed E-state index contributed by atoms with van der Waals surface area (Å²) in [5, 5.41) is 21.8. The zero-order chi connectivity index (χ0) is 17.8. The number of alkyl halides is 1. The SMILES string of the molecule is N[C@@H](CCC(=O)N[C@@H](CSCCCl)C(=O)NCC(=O)O)C(=O)O. The van der Waals surface area contributed by atoms with Gasteiger partial charge < -0.3 is 26.6 Å². The molecule has 0 aromatic heterocycles. The highest BCUT2D eigenvalue weighted by Crippen LogP contribution is 2.05. The molecule has 0 aromatic rings. The van der Waals surface area contributed by atoms with E-state index in [9.17, 15) is 19.2 Å². The molecule has 0 bridgehead atoms. The van der Waals surface area contributed by atoms with Crippen molar-refractivity contribution in [2.45, 2.75) is 24.9 Å². The molecular formula is C12H20ClN3O6S. The van der Waals surface area contributed by atoms with Crippen molar-refractivity contribution in [2.24, 2.45) is 5.73 Å². The van der Waals surface area contributed by atoms with Crippen LogP contribution in [0, 0.1) is 0 Å². The second kappa shape index (κ2) is 12.0. The number of carbonyl (C=O) groups is 4.